The predicted octanol–water partition coefficient (Wildman–Crippen LogP) is 1.77. The van der Waals surface area contributed by atoms with Gasteiger partial charge in [0.25, 0.3) is 0 Å². The fraction of sp³-hybridized carbons (Fsp3) is 0.588. The van der Waals surface area contributed by atoms with E-state index in [1.165, 1.54) is 0 Å². The molecule has 1 aliphatic rings. The third-order valence-electron chi connectivity index (χ3n) is 4.13. The van der Waals surface area contributed by atoms with Crippen LogP contribution in [0.2, 0.25) is 0 Å². The molecule has 0 aliphatic carbocycles. The Morgan fingerprint density at radius 2 is 2.27 bits per heavy atom. The summed E-state index contributed by atoms with van der Waals surface area (Å²) in [7, 11) is 1.70. The van der Waals surface area contributed by atoms with Crippen molar-refractivity contribution in [2.45, 2.75) is 32.2 Å². The molecule has 5 heteroatoms. The number of amides is 1. The van der Waals surface area contributed by atoms with Crippen molar-refractivity contribution in [1.82, 2.24) is 5.32 Å². The SMILES string of the molecule is COc1ccccc1N1CCC(CNC(=O)CCC(C)N)C1. The predicted molar refractivity (Wildman–Crippen MR) is 89.2 cm³/mol. The van der Waals surface area contributed by atoms with Gasteiger partial charge < -0.3 is 20.7 Å². The van der Waals surface area contributed by atoms with Crippen molar-refractivity contribution in [3.05, 3.63) is 24.3 Å². The van der Waals surface area contributed by atoms with E-state index < -0.39 is 0 Å². The van der Waals surface area contributed by atoms with Gasteiger partial charge in [-0.1, -0.05) is 12.1 Å². The Morgan fingerprint density at radius 3 is 3.00 bits per heavy atom. The quantitative estimate of drug-likeness (QED) is 0.805. The van der Waals surface area contributed by atoms with Gasteiger partial charge in [-0.3, -0.25) is 4.79 Å². The van der Waals surface area contributed by atoms with Gasteiger partial charge in [-0.15, -0.1) is 0 Å². The van der Waals surface area contributed by atoms with Gasteiger partial charge in [-0.2, -0.15) is 0 Å². The Morgan fingerprint density at radius 1 is 1.50 bits per heavy atom. The number of carbonyl (C=O) groups excluding carboxylic acids is 1. The van der Waals surface area contributed by atoms with Crippen molar-refractivity contribution < 1.29 is 9.53 Å². The zero-order valence-corrected chi connectivity index (χ0v) is 13.5. The molecule has 0 bridgehead atoms. The molecule has 1 aromatic rings. The number of methoxy groups -OCH3 is 1. The first-order valence-corrected chi connectivity index (χ1v) is 8.00. The van der Waals surface area contributed by atoms with Crippen LogP contribution in [0.15, 0.2) is 24.3 Å². The van der Waals surface area contributed by atoms with Crippen molar-refractivity contribution in [1.29, 1.82) is 0 Å². The van der Waals surface area contributed by atoms with Crippen LogP contribution >= 0.6 is 0 Å². The second-order valence-electron chi connectivity index (χ2n) is 6.09. The van der Waals surface area contributed by atoms with E-state index in [4.69, 9.17) is 10.5 Å². The summed E-state index contributed by atoms with van der Waals surface area (Å²) in [4.78, 5) is 14.1. The van der Waals surface area contributed by atoms with Crippen molar-refractivity contribution in [2.24, 2.45) is 11.7 Å². The molecular formula is C17H27N3O2. The molecule has 22 heavy (non-hydrogen) atoms. The Kier molecular flexibility index (Phi) is 6.07. The Balaban J connectivity index is 1.79. The van der Waals surface area contributed by atoms with Crippen molar-refractivity contribution in [2.75, 3.05) is 31.6 Å². The number of para-hydroxylation sites is 2. The molecule has 0 spiro atoms. The summed E-state index contributed by atoms with van der Waals surface area (Å²) in [6.45, 7) is 4.62. The van der Waals surface area contributed by atoms with Crippen molar-refractivity contribution in [3.8, 4) is 5.75 Å². The number of nitrogens with zero attached hydrogens (tertiary/aromatic N) is 1. The highest BCUT2D eigenvalue weighted by Gasteiger charge is 2.24. The molecule has 1 heterocycles. The number of nitrogens with one attached hydrogen (secondary N) is 1. The first-order chi connectivity index (χ1) is 10.6. The average molecular weight is 305 g/mol. The Hall–Kier alpha value is -1.75. The molecule has 2 atom stereocenters. The summed E-state index contributed by atoms with van der Waals surface area (Å²) in [6, 6.07) is 8.16. The smallest absolute Gasteiger partial charge is 0.220 e. The van der Waals surface area contributed by atoms with E-state index in [2.05, 4.69) is 16.3 Å². The molecule has 1 aliphatic heterocycles. The average Bonchev–Trinajstić information content (AvgIpc) is 2.99. The molecule has 1 aromatic carbocycles. The van der Waals surface area contributed by atoms with E-state index in [-0.39, 0.29) is 11.9 Å². The zero-order valence-electron chi connectivity index (χ0n) is 13.5. The molecular weight excluding hydrogens is 278 g/mol. The summed E-state index contributed by atoms with van der Waals surface area (Å²) in [5.41, 5.74) is 6.81. The van der Waals surface area contributed by atoms with E-state index in [1.54, 1.807) is 7.11 Å². The minimum atomic E-state index is 0.0817. The summed E-state index contributed by atoms with van der Waals surface area (Å²) in [5.74, 6) is 1.50. The molecule has 2 unspecified atom stereocenters. The molecule has 0 radical (unpaired) electrons. The van der Waals surface area contributed by atoms with Crippen LogP contribution in [0, 0.1) is 5.92 Å². The van der Waals surface area contributed by atoms with Crippen molar-refractivity contribution in [3.63, 3.8) is 0 Å². The van der Waals surface area contributed by atoms with Crippen molar-refractivity contribution >= 4 is 11.6 Å². The maximum absolute atomic E-state index is 11.8. The van der Waals surface area contributed by atoms with Gasteiger partial charge in [0, 0.05) is 32.1 Å². The maximum atomic E-state index is 11.8. The standard InChI is InChI=1S/C17H27N3O2/c1-13(18)7-8-17(21)19-11-14-9-10-20(12-14)15-5-3-4-6-16(15)22-2/h3-6,13-14H,7-12,18H2,1-2H3,(H,19,21). The fourth-order valence-electron chi connectivity index (χ4n) is 2.81. The molecule has 0 saturated carbocycles. The van der Waals surface area contributed by atoms with E-state index in [0.717, 1.165) is 43.9 Å². The lowest BCUT2D eigenvalue weighted by Crippen LogP contribution is -2.31. The lowest BCUT2D eigenvalue weighted by molar-refractivity contribution is -0.121. The van der Waals surface area contributed by atoms with Gasteiger partial charge in [0.2, 0.25) is 5.91 Å². The van der Waals surface area contributed by atoms with Crippen LogP contribution in [0.5, 0.6) is 5.75 Å². The first kappa shape index (κ1) is 16.6. The number of ether oxygens (including phenoxy) is 1. The second kappa shape index (κ2) is 8.03. The highest BCUT2D eigenvalue weighted by Crippen LogP contribution is 2.31. The summed E-state index contributed by atoms with van der Waals surface area (Å²) < 4.78 is 5.42. The van der Waals surface area contributed by atoms with Gasteiger partial charge in [0.1, 0.15) is 5.75 Å². The van der Waals surface area contributed by atoms with Crippen LogP contribution in [-0.2, 0) is 4.79 Å². The molecule has 5 nitrogen and oxygen atoms in total. The lowest BCUT2D eigenvalue weighted by Gasteiger charge is -2.21. The number of hydrogen-bond acceptors (Lipinski definition) is 4. The molecule has 1 fully saturated rings. The monoisotopic (exact) mass is 305 g/mol. The van der Waals surface area contributed by atoms with Gasteiger partial charge in [0.15, 0.2) is 0 Å². The van der Waals surface area contributed by atoms with E-state index in [9.17, 15) is 4.79 Å². The van der Waals surface area contributed by atoms with E-state index in [1.807, 2.05) is 25.1 Å². The topological polar surface area (TPSA) is 67.6 Å². The largest absolute Gasteiger partial charge is 0.495 e. The number of anilines is 1. The third-order valence-corrected chi connectivity index (χ3v) is 4.13. The van der Waals surface area contributed by atoms with Crippen LogP contribution in [0.3, 0.4) is 0 Å². The lowest BCUT2D eigenvalue weighted by atomic mass is 10.1. The van der Waals surface area contributed by atoms with E-state index >= 15 is 0 Å². The molecule has 2 rings (SSSR count). The van der Waals surface area contributed by atoms with Crippen LogP contribution in [0.1, 0.15) is 26.2 Å². The van der Waals surface area contributed by atoms with Gasteiger partial charge >= 0.3 is 0 Å². The summed E-state index contributed by atoms with van der Waals surface area (Å²) in [6.07, 6.45) is 2.34. The number of carbonyl (C=O) groups is 1. The normalized spacial score (nSPS) is 19.0. The molecule has 1 amide bonds. The van der Waals surface area contributed by atoms with Gasteiger partial charge in [-0.05, 0) is 37.8 Å². The van der Waals surface area contributed by atoms with Gasteiger partial charge in [0.05, 0.1) is 12.8 Å². The minimum absolute atomic E-state index is 0.0817. The maximum Gasteiger partial charge on any atom is 0.220 e. The highest BCUT2D eigenvalue weighted by molar-refractivity contribution is 5.75. The third kappa shape index (κ3) is 4.63. The van der Waals surface area contributed by atoms with Gasteiger partial charge in [-0.25, -0.2) is 0 Å². The van der Waals surface area contributed by atoms with Crippen LogP contribution in [0.25, 0.3) is 0 Å². The highest BCUT2D eigenvalue weighted by atomic mass is 16.5. The number of nitrogens with two attached hydrogens (primary N) is 1. The number of rotatable bonds is 7. The molecule has 3 N–H and O–H groups in total. The summed E-state index contributed by atoms with van der Waals surface area (Å²) >= 11 is 0. The van der Waals surface area contributed by atoms with E-state index in [0.29, 0.717) is 12.3 Å². The Labute approximate surface area is 132 Å². The minimum Gasteiger partial charge on any atom is -0.495 e. The number of benzene rings is 1. The zero-order chi connectivity index (χ0) is 15.9. The van der Waals surface area contributed by atoms with Crippen LogP contribution in [-0.4, -0.2) is 38.7 Å². The molecule has 0 aromatic heterocycles. The second-order valence-corrected chi connectivity index (χ2v) is 6.09. The Bertz CT molecular complexity index is 491. The summed E-state index contributed by atoms with van der Waals surface area (Å²) in [5, 5.41) is 3.03. The van der Waals surface area contributed by atoms with Crippen LogP contribution in [0.4, 0.5) is 5.69 Å². The molecule has 1 saturated heterocycles. The first-order valence-electron chi connectivity index (χ1n) is 8.00. The fourth-order valence-corrected chi connectivity index (χ4v) is 2.81. The number of hydrogen-bond donors (Lipinski definition) is 2. The van der Waals surface area contributed by atoms with Crippen LogP contribution < -0.4 is 20.7 Å². The molecule has 122 valence electrons.